The number of carbonyl (C=O) groups excluding carboxylic acids is 2. The molecule has 0 fully saturated rings. The van der Waals surface area contributed by atoms with Gasteiger partial charge in [-0.2, -0.15) is 5.01 Å². The monoisotopic (exact) mass is 378 g/mol. The predicted molar refractivity (Wildman–Crippen MR) is 91.0 cm³/mol. The van der Waals surface area contributed by atoms with E-state index in [9.17, 15) is 14.2 Å². The van der Waals surface area contributed by atoms with E-state index in [1.165, 1.54) is 6.08 Å². The first kappa shape index (κ1) is 21.5. The Morgan fingerprint density at radius 3 is 1.80 bits per heavy atom. The fraction of sp³-hybridized carbons (Fsp3) is 0.733. The van der Waals surface area contributed by atoms with E-state index in [-0.39, 0.29) is 26.4 Å². The molecule has 0 aromatic rings. The molecule has 2 amide bonds. The molecule has 1 aliphatic heterocycles. The zero-order chi connectivity index (χ0) is 19.0. The predicted octanol–water partition coefficient (Wildman–Crippen LogP) is 3.37. The average molecular weight is 378 g/mol. The highest BCUT2D eigenvalue weighted by atomic mass is 31.2. The zero-order valence-electron chi connectivity index (χ0n) is 15.3. The summed E-state index contributed by atoms with van der Waals surface area (Å²) in [7, 11) is -3.76. The van der Waals surface area contributed by atoms with E-state index in [1.54, 1.807) is 40.7 Å². The Kier molecular flexibility index (Phi) is 8.41. The second-order valence-electron chi connectivity index (χ2n) is 5.00. The average Bonchev–Trinajstić information content (AvgIpc) is 2.55. The van der Waals surface area contributed by atoms with E-state index in [2.05, 4.69) is 0 Å². The summed E-state index contributed by atoms with van der Waals surface area (Å²) >= 11 is 0. The first-order valence-electron chi connectivity index (χ1n) is 8.35. The molecule has 0 aromatic heterocycles. The number of rotatable bonds is 7. The molecule has 0 aromatic carbocycles. The number of nitrogens with zero attached hydrogens (tertiary/aromatic N) is 2. The molecule has 0 saturated carbocycles. The molecule has 0 N–H and O–H groups in total. The van der Waals surface area contributed by atoms with E-state index < -0.39 is 31.6 Å². The lowest BCUT2D eigenvalue weighted by molar-refractivity contribution is -0.0422. The summed E-state index contributed by atoms with van der Waals surface area (Å²) < 4.78 is 34.0. The first-order chi connectivity index (χ1) is 11.9. The smallest absolute Gasteiger partial charge is 0.430 e. The van der Waals surface area contributed by atoms with Crippen LogP contribution in [0.15, 0.2) is 12.2 Å². The SMILES string of the molecule is CCOC(=O)N1C(C)C=CC(P(=O)(OCC)OCC)N1C(=O)OCC. The molecule has 0 aliphatic carbocycles. The minimum atomic E-state index is -3.76. The molecule has 10 heteroatoms. The van der Waals surface area contributed by atoms with Gasteiger partial charge < -0.3 is 18.5 Å². The number of hydrogen-bond acceptors (Lipinski definition) is 7. The van der Waals surface area contributed by atoms with Gasteiger partial charge in [-0.1, -0.05) is 6.08 Å². The first-order valence-corrected chi connectivity index (χ1v) is 9.96. The Balaban J connectivity index is 3.36. The minimum absolute atomic E-state index is 0.0877. The van der Waals surface area contributed by atoms with Gasteiger partial charge in [0.05, 0.1) is 32.5 Å². The van der Waals surface area contributed by atoms with Crippen molar-refractivity contribution in [2.75, 3.05) is 26.4 Å². The van der Waals surface area contributed by atoms with Gasteiger partial charge in [-0.3, -0.25) is 4.57 Å². The number of carbonyl (C=O) groups is 2. The normalized spacial score (nSPS) is 20.5. The summed E-state index contributed by atoms with van der Waals surface area (Å²) in [4.78, 5) is 24.9. The zero-order valence-corrected chi connectivity index (χ0v) is 16.2. The van der Waals surface area contributed by atoms with Gasteiger partial charge >= 0.3 is 19.8 Å². The second-order valence-corrected chi connectivity index (χ2v) is 7.13. The van der Waals surface area contributed by atoms with Crippen molar-refractivity contribution in [3.8, 4) is 0 Å². The summed E-state index contributed by atoms with van der Waals surface area (Å²) in [6.45, 7) is 8.77. The van der Waals surface area contributed by atoms with Crippen molar-refractivity contribution in [2.24, 2.45) is 0 Å². The van der Waals surface area contributed by atoms with Crippen LogP contribution in [0.5, 0.6) is 0 Å². The van der Waals surface area contributed by atoms with Crippen molar-refractivity contribution in [2.45, 2.75) is 46.4 Å². The number of amides is 2. The largest absolute Gasteiger partial charge is 0.448 e. The van der Waals surface area contributed by atoms with E-state index >= 15 is 0 Å². The van der Waals surface area contributed by atoms with Crippen LogP contribution < -0.4 is 0 Å². The van der Waals surface area contributed by atoms with Crippen molar-refractivity contribution in [1.29, 1.82) is 0 Å². The van der Waals surface area contributed by atoms with Crippen LogP contribution >= 0.6 is 7.60 Å². The summed E-state index contributed by atoms with van der Waals surface area (Å²) in [6, 6.07) is -0.503. The molecule has 1 aliphatic rings. The van der Waals surface area contributed by atoms with E-state index in [0.717, 1.165) is 10.0 Å². The van der Waals surface area contributed by atoms with Gasteiger partial charge in [0.2, 0.25) is 0 Å². The van der Waals surface area contributed by atoms with Crippen LogP contribution in [0, 0.1) is 0 Å². The van der Waals surface area contributed by atoms with Gasteiger partial charge in [0.25, 0.3) is 0 Å². The van der Waals surface area contributed by atoms with Gasteiger partial charge in [0, 0.05) is 0 Å². The maximum absolute atomic E-state index is 13.2. The molecule has 9 nitrogen and oxygen atoms in total. The van der Waals surface area contributed by atoms with E-state index in [1.807, 2.05) is 0 Å². The lowest BCUT2D eigenvalue weighted by atomic mass is 10.2. The molecular weight excluding hydrogens is 351 g/mol. The van der Waals surface area contributed by atoms with Crippen molar-refractivity contribution in [3.05, 3.63) is 12.2 Å². The summed E-state index contributed by atoms with van der Waals surface area (Å²) in [5, 5.41) is 2.02. The molecule has 1 rings (SSSR count). The molecule has 0 saturated heterocycles. The van der Waals surface area contributed by atoms with Crippen LogP contribution in [0.4, 0.5) is 9.59 Å². The van der Waals surface area contributed by atoms with Gasteiger partial charge in [0.1, 0.15) is 0 Å². The fourth-order valence-electron chi connectivity index (χ4n) is 2.37. The molecule has 1 heterocycles. The number of hydrazine groups is 1. The maximum Gasteiger partial charge on any atom is 0.430 e. The number of hydrogen-bond donors (Lipinski definition) is 0. The Morgan fingerprint density at radius 1 is 0.880 bits per heavy atom. The van der Waals surface area contributed by atoms with Crippen molar-refractivity contribution in [3.63, 3.8) is 0 Å². The molecule has 0 bridgehead atoms. The standard InChI is InChI=1S/C15H27N2O7P/c1-6-21-14(18)16-12(5)10-11-13(17(16)15(19)22-7-2)25(20,23-8-3)24-9-4/h10-13H,6-9H2,1-5H3. The molecule has 144 valence electrons. The van der Waals surface area contributed by atoms with Crippen LogP contribution in [0.2, 0.25) is 0 Å². The second kappa shape index (κ2) is 9.79. The topological polar surface area (TPSA) is 94.6 Å². The molecular formula is C15H27N2O7P. The van der Waals surface area contributed by atoms with Crippen molar-refractivity contribution >= 4 is 19.8 Å². The van der Waals surface area contributed by atoms with Gasteiger partial charge in [-0.15, -0.1) is 0 Å². The minimum Gasteiger partial charge on any atom is -0.448 e. The third-order valence-electron chi connectivity index (χ3n) is 3.28. The van der Waals surface area contributed by atoms with Crippen LogP contribution in [-0.2, 0) is 23.1 Å². The Labute approximate surface area is 148 Å². The molecule has 0 radical (unpaired) electrons. The number of ether oxygens (including phenoxy) is 2. The van der Waals surface area contributed by atoms with Crippen molar-refractivity contribution < 1.29 is 32.7 Å². The molecule has 2 atom stereocenters. The Hall–Kier alpha value is -1.57. The highest BCUT2D eigenvalue weighted by Crippen LogP contribution is 2.56. The summed E-state index contributed by atoms with van der Waals surface area (Å²) in [5.41, 5.74) is 0. The van der Waals surface area contributed by atoms with Crippen molar-refractivity contribution in [1.82, 2.24) is 10.0 Å². The highest BCUT2D eigenvalue weighted by Gasteiger charge is 2.48. The molecule has 2 unspecified atom stereocenters. The van der Waals surface area contributed by atoms with Gasteiger partial charge in [-0.25, -0.2) is 14.6 Å². The maximum atomic E-state index is 13.2. The van der Waals surface area contributed by atoms with E-state index in [0.29, 0.717) is 0 Å². The van der Waals surface area contributed by atoms with Crippen LogP contribution in [-0.4, -0.2) is 60.5 Å². The molecule has 25 heavy (non-hydrogen) atoms. The van der Waals surface area contributed by atoms with Crippen LogP contribution in [0.25, 0.3) is 0 Å². The van der Waals surface area contributed by atoms with Crippen LogP contribution in [0.1, 0.15) is 34.6 Å². The lowest BCUT2D eigenvalue weighted by Crippen LogP contribution is -2.59. The van der Waals surface area contributed by atoms with E-state index in [4.69, 9.17) is 18.5 Å². The Bertz CT molecular complexity index is 530. The summed E-state index contributed by atoms with van der Waals surface area (Å²) in [6.07, 6.45) is 1.58. The van der Waals surface area contributed by atoms with Gasteiger partial charge in [0.15, 0.2) is 5.78 Å². The Morgan fingerprint density at radius 2 is 1.36 bits per heavy atom. The lowest BCUT2D eigenvalue weighted by Gasteiger charge is -2.43. The van der Waals surface area contributed by atoms with Crippen LogP contribution in [0.3, 0.4) is 0 Å². The quantitative estimate of drug-likeness (QED) is 0.495. The molecule has 0 spiro atoms. The third-order valence-corrected chi connectivity index (χ3v) is 5.56. The highest BCUT2D eigenvalue weighted by molar-refractivity contribution is 7.54. The van der Waals surface area contributed by atoms with Gasteiger partial charge in [-0.05, 0) is 40.7 Å². The third kappa shape index (κ3) is 4.96. The summed E-state index contributed by atoms with van der Waals surface area (Å²) in [5.74, 6) is -1.13. The fourth-order valence-corrected chi connectivity index (χ4v) is 4.25.